The first kappa shape index (κ1) is 14.0. The number of nitrogens with two attached hydrogens (primary N) is 1. The fraction of sp³-hybridized carbons (Fsp3) is 0.417. The molecule has 1 aromatic carbocycles. The zero-order valence-corrected chi connectivity index (χ0v) is 11.4. The van der Waals surface area contributed by atoms with Gasteiger partial charge in [0.05, 0.1) is 4.47 Å². The molecule has 17 heavy (non-hydrogen) atoms. The number of carbonyl (C=O) groups excluding carboxylic acids is 1. The maximum Gasteiger partial charge on any atom is 0.257 e. The van der Waals surface area contributed by atoms with Crippen molar-refractivity contribution < 1.29 is 9.53 Å². The molecule has 0 spiro atoms. The average molecular weight is 301 g/mol. The minimum Gasteiger partial charge on any atom is -0.483 e. The first-order valence-corrected chi connectivity index (χ1v) is 6.34. The Bertz CT molecular complexity index is 383. The maximum absolute atomic E-state index is 11.2. The van der Waals surface area contributed by atoms with Crippen molar-refractivity contribution in [2.45, 2.75) is 13.3 Å². The highest BCUT2D eigenvalue weighted by atomic mass is 79.9. The number of hydrogen-bond donors (Lipinski definition) is 2. The first-order chi connectivity index (χ1) is 8.17. The number of benzene rings is 1. The second kappa shape index (κ2) is 7.29. The third-order valence-corrected chi connectivity index (χ3v) is 2.78. The van der Waals surface area contributed by atoms with Crippen molar-refractivity contribution in [3.05, 3.63) is 28.2 Å². The Morgan fingerprint density at radius 2 is 2.29 bits per heavy atom. The Balaban J connectivity index is 2.57. The minimum atomic E-state index is -0.120. The summed E-state index contributed by atoms with van der Waals surface area (Å²) < 4.78 is 6.23. The van der Waals surface area contributed by atoms with Gasteiger partial charge in [0.1, 0.15) is 5.75 Å². The van der Waals surface area contributed by atoms with E-state index in [4.69, 9.17) is 10.5 Å². The van der Waals surface area contributed by atoms with Gasteiger partial charge in [-0.2, -0.15) is 0 Å². The Morgan fingerprint density at radius 3 is 2.88 bits per heavy atom. The number of carbonyl (C=O) groups is 1. The number of hydrogen-bond acceptors (Lipinski definition) is 3. The molecule has 0 radical (unpaired) electrons. The molecule has 4 nitrogen and oxygen atoms in total. The monoisotopic (exact) mass is 300 g/mol. The van der Waals surface area contributed by atoms with Crippen LogP contribution >= 0.6 is 15.9 Å². The predicted octanol–water partition coefficient (Wildman–Crippen LogP) is 1.47. The third kappa shape index (κ3) is 4.75. The lowest BCUT2D eigenvalue weighted by Gasteiger charge is -2.09. The molecule has 0 unspecified atom stereocenters. The molecule has 0 bridgehead atoms. The minimum absolute atomic E-state index is 0.0304. The van der Waals surface area contributed by atoms with Crippen molar-refractivity contribution in [2.24, 2.45) is 5.73 Å². The molecule has 0 aliphatic heterocycles. The van der Waals surface area contributed by atoms with Crippen LogP contribution < -0.4 is 15.8 Å². The van der Waals surface area contributed by atoms with Crippen molar-refractivity contribution in [1.82, 2.24) is 5.32 Å². The van der Waals surface area contributed by atoms with Gasteiger partial charge in [-0.05, 0) is 53.5 Å². The van der Waals surface area contributed by atoms with Crippen LogP contribution in [0.25, 0.3) is 0 Å². The van der Waals surface area contributed by atoms with Crippen LogP contribution in [0, 0.1) is 0 Å². The van der Waals surface area contributed by atoms with E-state index >= 15 is 0 Å². The molecule has 3 N–H and O–H groups in total. The van der Waals surface area contributed by atoms with Gasteiger partial charge >= 0.3 is 0 Å². The van der Waals surface area contributed by atoms with Gasteiger partial charge in [-0.15, -0.1) is 0 Å². The molecule has 0 heterocycles. The average Bonchev–Trinajstić information content (AvgIpc) is 2.29. The largest absolute Gasteiger partial charge is 0.483 e. The Hall–Kier alpha value is -1.07. The predicted molar refractivity (Wildman–Crippen MR) is 71.1 cm³/mol. The summed E-state index contributed by atoms with van der Waals surface area (Å²) in [6, 6.07) is 5.75. The second-order valence-electron chi connectivity index (χ2n) is 3.55. The molecular weight excluding hydrogens is 284 g/mol. The highest BCUT2D eigenvalue weighted by molar-refractivity contribution is 9.10. The van der Waals surface area contributed by atoms with E-state index in [-0.39, 0.29) is 12.5 Å². The highest BCUT2D eigenvalue weighted by Gasteiger charge is 2.05. The highest BCUT2D eigenvalue weighted by Crippen LogP contribution is 2.26. The zero-order valence-electron chi connectivity index (χ0n) is 9.83. The number of nitrogens with one attached hydrogen (secondary N) is 1. The molecule has 0 aliphatic carbocycles. The van der Waals surface area contributed by atoms with Crippen LogP contribution in [-0.2, 0) is 11.2 Å². The van der Waals surface area contributed by atoms with Gasteiger partial charge in [-0.1, -0.05) is 6.07 Å². The Labute approximate surface area is 110 Å². The van der Waals surface area contributed by atoms with Gasteiger partial charge in [-0.25, -0.2) is 0 Å². The molecule has 0 aliphatic rings. The zero-order chi connectivity index (χ0) is 12.7. The Morgan fingerprint density at radius 1 is 1.53 bits per heavy atom. The van der Waals surface area contributed by atoms with Gasteiger partial charge in [0.25, 0.3) is 5.91 Å². The summed E-state index contributed by atoms with van der Waals surface area (Å²) in [5, 5.41) is 2.67. The number of halogens is 1. The molecule has 1 amide bonds. The van der Waals surface area contributed by atoms with Crippen LogP contribution in [0.1, 0.15) is 12.5 Å². The van der Waals surface area contributed by atoms with Crippen molar-refractivity contribution in [2.75, 3.05) is 19.7 Å². The van der Waals surface area contributed by atoms with E-state index in [0.717, 1.165) is 16.5 Å². The Kier molecular flexibility index (Phi) is 6.00. The quantitative estimate of drug-likeness (QED) is 0.836. The molecule has 0 saturated carbocycles. The fourth-order valence-electron chi connectivity index (χ4n) is 1.38. The van der Waals surface area contributed by atoms with E-state index in [9.17, 15) is 4.79 Å². The second-order valence-corrected chi connectivity index (χ2v) is 4.40. The molecule has 0 aromatic heterocycles. The van der Waals surface area contributed by atoms with Crippen LogP contribution in [0.2, 0.25) is 0 Å². The molecule has 1 rings (SSSR count). The molecule has 0 saturated heterocycles. The van der Waals surface area contributed by atoms with Gasteiger partial charge in [0.2, 0.25) is 0 Å². The van der Waals surface area contributed by atoms with Crippen LogP contribution in [0.3, 0.4) is 0 Å². The summed E-state index contributed by atoms with van der Waals surface area (Å²) >= 11 is 3.41. The first-order valence-electron chi connectivity index (χ1n) is 5.55. The standard InChI is InChI=1S/C12H17BrN2O2/c1-2-15-12(16)8-17-11-4-3-9(5-6-14)7-10(11)13/h3-4,7H,2,5-6,8,14H2,1H3,(H,15,16). The van der Waals surface area contributed by atoms with Crippen LogP contribution in [0.15, 0.2) is 22.7 Å². The summed E-state index contributed by atoms with van der Waals surface area (Å²) in [6.07, 6.45) is 0.829. The summed E-state index contributed by atoms with van der Waals surface area (Å²) in [7, 11) is 0. The van der Waals surface area contributed by atoms with E-state index in [1.807, 2.05) is 25.1 Å². The molecule has 0 fully saturated rings. The maximum atomic E-state index is 11.2. The fourth-order valence-corrected chi connectivity index (χ4v) is 1.92. The topological polar surface area (TPSA) is 64.3 Å². The van der Waals surface area contributed by atoms with Crippen LogP contribution in [0.4, 0.5) is 0 Å². The smallest absolute Gasteiger partial charge is 0.257 e. The molecule has 94 valence electrons. The molecule has 1 aromatic rings. The lowest BCUT2D eigenvalue weighted by Crippen LogP contribution is -2.28. The lowest BCUT2D eigenvalue weighted by molar-refractivity contribution is -0.122. The van der Waals surface area contributed by atoms with Gasteiger partial charge in [0.15, 0.2) is 6.61 Å². The van der Waals surface area contributed by atoms with E-state index < -0.39 is 0 Å². The SMILES string of the molecule is CCNC(=O)COc1ccc(CCN)cc1Br. The number of rotatable bonds is 6. The van der Waals surface area contributed by atoms with Crippen LogP contribution in [-0.4, -0.2) is 25.6 Å². The van der Waals surface area contributed by atoms with E-state index in [1.54, 1.807) is 0 Å². The molecular formula is C12H17BrN2O2. The van der Waals surface area contributed by atoms with Gasteiger partial charge < -0.3 is 15.8 Å². The van der Waals surface area contributed by atoms with Crippen molar-refractivity contribution >= 4 is 21.8 Å². The van der Waals surface area contributed by atoms with E-state index in [2.05, 4.69) is 21.2 Å². The molecule has 5 heteroatoms. The van der Waals surface area contributed by atoms with Crippen LogP contribution in [0.5, 0.6) is 5.75 Å². The summed E-state index contributed by atoms with van der Waals surface area (Å²) in [5.74, 6) is 0.544. The number of likely N-dealkylation sites (N-methyl/N-ethyl adjacent to an activating group) is 1. The van der Waals surface area contributed by atoms with Crippen molar-refractivity contribution in [3.8, 4) is 5.75 Å². The summed E-state index contributed by atoms with van der Waals surface area (Å²) in [6.45, 7) is 3.13. The molecule has 0 atom stereocenters. The number of ether oxygens (including phenoxy) is 1. The van der Waals surface area contributed by atoms with Crippen molar-refractivity contribution in [1.29, 1.82) is 0 Å². The normalized spacial score (nSPS) is 10.1. The lowest BCUT2D eigenvalue weighted by atomic mass is 10.1. The van der Waals surface area contributed by atoms with Gasteiger partial charge in [0, 0.05) is 6.54 Å². The van der Waals surface area contributed by atoms with E-state index in [1.165, 1.54) is 0 Å². The van der Waals surface area contributed by atoms with Crippen molar-refractivity contribution in [3.63, 3.8) is 0 Å². The summed E-state index contributed by atoms with van der Waals surface area (Å²) in [4.78, 5) is 11.2. The number of amides is 1. The van der Waals surface area contributed by atoms with Gasteiger partial charge in [-0.3, -0.25) is 4.79 Å². The van der Waals surface area contributed by atoms with E-state index in [0.29, 0.717) is 18.8 Å². The third-order valence-electron chi connectivity index (χ3n) is 2.16. The summed E-state index contributed by atoms with van der Waals surface area (Å²) in [5.41, 5.74) is 6.62.